The summed E-state index contributed by atoms with van der Waals surface area (Å²) in [6.07, 6.45) is 2.12. The molecule has 0 fully saturated rings. The highest BCUT2D eigenvalue weighted by Crippen LogP contribution is 2.31. The fourth-order valence-corrected chi connectivity index (χ4v) is 4.69. The monoisotopic (exact) mass is 602 g/mol. The van der Waals surface area contributed by atoms with Crippen LogP contribution in [0.3, 0.4) is 0 Å². The third-order valence-electron chi connectivity index (χ3n) is 6.42. The molecule has 2 aromatic rings. The Kier molecular flexibility index (Phi) is 13.1. The number of hydrogen-bond acceptors (Lipinski definition) is 6. The van der Waals surface area contributed by atoms with Crippen molar-refractivity contribution in [3.05, 3.63) is 58.6 Å². The number of nitrogens with one attached hydrogen (secondary N) is 2. The second-order valence-corrected chi connectivity index (χ2v) is 11.6. The minimum absolute atomic E-state index is 0.0882. The topological polar surface area (TPSA) is 151 Å². The largest absolute Gasteiger partial charge is 0.508 e. The molecule has 2 atom stereocenters. The van der Waals surface area contributed by atoms with Crippen LogP contribution >= 0.6 is 11.6 Å². The minimum Gasteiger partial charge on any atom is -0.508 e. The molecule has 11 heteroatoms. The van der Waals surface area contributed by atoms with Crippen LogP contribution in [0.25, 0.3) is 0 Å². The number of phenolic OH excluding ortho intramolecular Hbond substituents is 1. The molecule has 0 aliphatic rings. The number of rotatable bonds is 14. The number of nitrogens with two attached hydrogens (primary N) is 1. The minimum atomic E-state index is -1.21. The number of anilines is 1. The lowest BCUT2D eigenvalue weighted by Crippen LogP contribution is -2.52. The van der Waals surface area contributed by atoms with Crippen LogP contribution in [0.5, 0.6) is 5.75 Å². The Hall–Kier alpha value is -3.79. The number of alkyl carbamates (subject to hydrolysis) is 1. The van der Waals surface area contributed by atoms with Gasteiger partial charge in [0.1, 0.15) is 23.4 Å². The lowest BCUT2D eigenvalue weighted by Gasteiger charge is -2.35. The zero-order valence-electron chi connectivity index (χ0n) is 25.0. The number of benzene rings is 2. The molecule has 4 amide bonds. The maximum atomic E-state index is 14.2. The van der Waals surface area contributed by atoms with E-state index >= 15 is 0 Å². The molecule has 0 bridgehead atoms. The van der Waals surface area contributed by atoms with E-state index in [1.807, 2.05) is 0 Å². The zero-order chi connectivity index (χ0) is 31.4. The predicted molar refractivity (Wildman–Crippen MR) is 163 cm³/mol. The Bertz CT molecular complexity index is 1230. The lowest BCUT2D eigenvalue weighted by atomic mass is 10.00. The molecular weight excluding hydrogens is 560 g/mol. The van der Waals surface area contributed by atoms with Crippen molar-refractivity contribution >= 4 is 41.1 Å². The van der Waals surface area contributed by atoms with Gasteiger partial charge in [-0.1, -0.05) is 62.1 Å². The molecule has 0 saturated carbocycles. The molecule has 0 spiro atoms. The summed E-state index contributed by atoms with van der Waals surface area (Å²) < 4.78 is 5.37. The summed E-state index contributed by atoms with van der Waals surface area (Å²) in [6.45, 7) is 9.08. The van der Waals surface area contributed by atoms with E-state index in [0.29, 0.717) is 22.7 Å². The van der Waals surface area contributed by atoms with Gasteiger partial charge in [-0.05, 0) is 69.9 Å². The smallest absolute Gasteiger partial charge is 0.408 e. The van der Waals surface area contributed by atoms with Crippen molar-refractivity contribution in [2.45, 2.75) is 90.8 Å². The lowest BCUT2D eigenvalue weighted by molar-refractivity contribution is -0.141. The second kappa shape index (κ2) is 16.0. The van der Waals surface area contributed by atoms with Crippen molar-refractivity contribution in [1.82, 2.24) is 10.2 Å². The van der Waals surface area contributed by atoms with Crippen molar-refractivity contribution < 1.29 is 29.0 Å². The number of aromatic hydroxyl groups is 1. The molecule has 5 N–H and O–H groups in total. The van der Waals surface area contributed by atoms with Gasteiger partial charge in [0.25, 0.3) is 5.91 Å². The number of unbranched alkanes of at least 4 members (excludes halogenated alkanes) is 3. The number of amides is 4. The molecule has 230 valence electrons. The van der Waals surface area contributed by atoms with Gasteiger partial charge in [-0.3, -0.25) is 14.4 Å². The SMILES string of the molecule is CCCCCCN(C(=O)C(CCC(N)=O)NC(=O)OC(C)(C)C)C(C(=O)Nc1c(C)cccc1Cl)c1cccc(O)c1. The number of aryl methyl sites for hydroxylation is 1. The molecule has 0 heterocycles. The first kappa shape index (κ1) is 34.4. The van der Waals surface area contributed by atoms with Crippen LogP contribution in [0.15, 0.2) is 42.5 Å². The number of para-hydroxylation sites is 1. The van der Waals surface area contributed by atoms with Gasteiger partial charge in [-0.25, -0.2) is 4.79 Å². The van der Waals surface area contributed by atoms with Crippen LogP contribution in [0.2, 0.25) is 5.02 Å². The van der Waals surface area contributed by atoms with Gasteiger partial charge < -0.3 is 31.1 Å². The van der Waals surface area contributed by atoms with Crippen LogP contribution in [0.1, 0.15) is 83.4 Å². The average molecular weight is 603 g/mol. The highest BCUT2D eigenvalue weighted by Gasteiger charge is 2.36. The van der Waals surface area contributed by atoms with Crippen LogP contribution in [0, 0.1) is 6.92 Å². The molecule has 0 aliphatic carbocycles. The number of nitrogens with zero attached hydrogens (tertiary/aromatic N) is 1. The van der Waals surface area contributed by atoms with E-state index in [9.17, 15) is 24.3 Å². The molecule has 2 unspecified atom stereocenters. The normalized spacial score (nSPS) is 12.6. The van der Waals surface area contributed by atoms with E-state index < -0.39 is 41.5 Å². The van der Waals surface area contributed by atoms with Crippen LogP contribution in [0.4, 0.5) is 10.5 Å². The molecule has 0 aliphatic heterocycles. The molecule has 0 saturated heterocycles. The Balaban J connectivity index is 2.59. The third-order valence-corrected chi connectivity index (χ3v) is 6.74. The van der Waals surface area contributed by atoms with Crippen molar-refractivity contribution in [1.29, 1.82) is 0 Å². The van der Waals surface area contributed by atoms with E-state index in [0.717, 1.165) is 24.8 Å². The first-order chi connectivity index (χ1) is 19.7. The predicted octanol–water partition coefficient (Wildman–Crippen LogP) is 5.60. The number of halogens is 1. The summed E-state index contributed by atoms with van der Waals surface area (Å²) in [5.41, 5.74) is 6.01. The van der Waals surface area contributed by atoms with Crippen molar-refractivity contribution in [3.8, 4) is 5.75 Å². The summed E-state index contributed by atoms with van der Waals surface area (Å²) in [6, 6.07) is 8.86. The number of hydrogen-bond donors (Lipinski definition) is 4. The first-order valence-electron chi connectivity index (χ1n) is 14.2. The summed E-state index contributed by atoms with van der Waals surface area (Å²) >= 11 is 6.40. The van der Waals surface area contributed by atoms with Gasteiger partial charge in [0, 0.05) is 13.0 Å². The van der Waals surface area contributed by atoms with E-state index in [4.69, 9.17) is 22.1 Å². The number of carbonyl (C=O) groups is 4. The quantitative estimate of drug-likeness (QED) is 0.207. The van der Waals surface area contributed by atoms with E-state index in [-0.39, 0.29) is 25.1 Å². The Morgan fingerprint density at radius 2 is 1.76 bits per heavy atom. The Morgan fingerprint density at radius 3 is 2.36 bits per heavy atom. The standard InChI is InChI=1S/C31H43ClN4O6/c1-6-7-8-9-18-36(29(40)24(16-17-25(33)38)34-30(41)42-31(3,4)5)27(21-13-11-14-22(37)19-21)28(39)35-26-20(2)12-10-15-23(26)32/h10-15,19,24,27,37H,6-9,16-18H2,1-5H3,(H2,33,38)(H,34,41)(H,35,39). The molecule has 42 heavy (non-hydrogen) atoms. The Labute approximate surface area is 252 Å². The summed E-state index contributed by atoms with van der Waals surface area (Å²) in [7, 11) is 0. The number of primary amides is 1. The number of ether oxygens (including phenoxy) is 1. The van der Waals surface area contributed by atoms with Crippen molar-refractivity contribution in [2.75, 3.05) is 11.9 Å². The fourth-order valence-electron chi connectivity index (χ4n) is 4.42. The highest BCUT2D eigenvalue weighted by atomic mass is 35.5. The van der Waals surface area contributed by atoms with Crippen molar-refractivity contribution in [2.24, 2.45) is 5.73 Å². The molecule has 0 aromatic heterocycles. The Morgan fingerprint density at radius 1 is 1.07 bits per heavy atom. The maximum absolute atomic E-state index is 14.2. The second-order valence-electron chi connectivity index (χ2n) is 11.2. The first-order valence-corrected chi connectivity index (χ1v) is 14.5. The van der Waals surface area contributed by atoms with Crippen LogP contribution in [-0.4, -0.2) is 52.0 Å². The van der Waals surface area contributed by atoms with Crippen LogP contribution < -0.4 is 16.4 Å². The molecule has 0 radical (unpaired) electrons. The summed E-state index contributed by atoms with van der Waals surface area (Å²) in [4.78, 5) is 54.0. The molecule has 2 aromatic carbocycles. The molecule has 10 nitrogen and oxygen atoms in total. The van der Waals surface area contributed by atoms with Crippen LogP contribution in [-0.2, 0) is 19.1 Å². The van der Waals surface area contributed by atoms with Crippen molar-refractivity contribution in [3.63, 3.8) is 0 Å². The van der Waals surface area contributed by atoms with Gasteiger partial charge in [-0.15, -0.1) is 0 Å². The molecular formula is C31H43ClN4O6. The van der Waals surface area contributed by atoms with Gasteiger partial charge in [0.2, 0.25) is 11.8 Å². The van der Waals surface area contributed by atoms with E-state index in [1.54, 1.807) is 58.0 Å². The maximum Gasteiger partial charge on any atom is 0.408 e. The summed E-state index contributed by atoms with van der Waals surface area (Å²) in [5, 5.41) is 16.0. The van der Waals surface area contributed by atoms with Gasteiger partial charge in [0.05, 0.1) is 10.7 Å². The number of phenols is 1. The average Bonchev–Trinajstić information content (AvgIpc) is 2.89. The summed E-state index contributed by atoms with van der Waals surface area (Å²) in [5.74, 6) is -1.90. The molecule has 2 rings (SSSR count). The number of carbonyl (C=O) groups excluding carboxylic acids is 4. The fraction of sp³-hybridized carbons (Fsp3) is 0.484. The van der Waals surface area contributed by atoms with Gasteiger partial charge in [-0.2, -0.15) is 0 Å². The zero-order valence-corrected chi connectivity index (χ0v) is 25.8. The van der Waals surface area contributed by atoms with Gasteiger partial charge in [0.15, 0.2) is 0 Å². The van der Waals surface area contributed by atoms with E-state index in [1.165, 1.54) is 17.0 Å². The third kappa shape index (κ3) is 10.9. The van der Waals surface area contributed by atoms with Gasteiger partial charge >= 0.3 is 6.09 Å². The van der Waals surface area contributed by atoms with E-state index in [2.05, 4.69) is 17.6 Å². The highest BCUT2D eigenvalue weighted by molar-refractivity contribution is 6.34.